The number of nitrogens with one attached hydrogen (secondary N) is 3. The van der Waals surface area contributed by atoms with Gasteiger partial charge in [0.05, 0.1) is 5.54 Å². The first-order chi connectivity index (χ1) is 12.1. The van der Waals surface area contributed by atoms with Gasteiger partial charge in [0.1, 0.15) is 5.60 Å². The summed E-state index contributed by atoms with van der Waals surface area (Å²) in [7, 11) is 3.73. The highest BCUT2D eigenvalue weighted by atomic mass is 127. The maximum atomic E-state index is 12.2. The maximum Gasteiger partial charge on any atom is 0.408 e. The molecule has 1 heterocycles. The van der Waals surface area contributed by atoms with Crippen LogP contribution >= 0.6 is 24.0 Å². The van der Waals surface area contributed by atoms with Crippen LogP contribution in [0.2, 0.25) is 0 Å². The fourth-order valence-corrected chi connectivity index (χ4v) is 2.57. The number of halogens is 1. The minimum Gasteiger partial charge on any atom is -0.444 e. The summed E-state index contributed by atoms with van der Waals surface area (Å²) in [5.74, 6) is 0.700. The van der Waals surface area contributed by atoms with E-state index in [1.54, 1.807) is 7.05 Å². The van der Waals surface area contributed by atoms with Gasteiger partial charge in [-0.3, -0.25) is 4.99 Å². The van der Waals surface area contributed by atoms with Crippen molar-refractivity contribution in [2.24, 2.45) is 12.0 Å². The summed E-state index contributed by atoms with van der Waals surface area (Å²) in [5, 5.41) is 9.65. The Morgan fingerprint density at radius 1 is 1.22 bits per heavy atom. The third-order valence-corrected chi connectivity index (χ3v) is 4.29. The van der Waals surface area contributed by atoms with Gasteiger partial charge in [0, 0.05) is 39.6 Å². The zero-order valence-electron chi connectivity index (χ0n) is 17.7. The summed E-state index contributed by atoms with van der Waals surface area (Å²) in [6.07, 6.45) is 5.25. The number of hydrogen-bond acceptors (Lipinski definition) is 3. The van der Waals surface area contributed by atoms with Crippen molar-refractivity contribution in [1.82, 2.24) is 20.5 Å². The molecule has 8 heteroatoms. The second kappa shape index (κ2) is 11.4. The van der Waals surface area contributed by atoms with Crippen molar-refractivity contribution < 1.29 is 9.53 Å². The van der Waals surface area contributed by atoms with Crippen LogP contribution < -0.4 is 16.0 Å². The highest BCUT2D eigenvalue weighted by molar-refractivity contribution is 14.0. The van der Waals surface area contributed by atoms with Crippen molar-refractivity contribution >= 4 is 36.0 Å². The number of ether oxygens (including phenoxy) is 1. The van der Waals surface area contributed by atoms with Crippen LogP contribution in [0.1, 0.15) is 53.0 Å². The number of carbonyl (C=O) groups is 1. The number of carbonyl (C=O) groups excluding carboxylic acids is 1. The molecule has 0 aliphatic carbocycles. The van der Waals surface area contributed by atoms with E-state index >= 15 is 0 Å². The van der Waals surface area contributed by atoms with Gasteiger partial charge in [-0.1, -0.05) is 13.8 Å². The molecule has 0 saturated carbocycles. The average Bonchev–Trinajstić information content (AvgIpc) is 2.97. The van der Waals surface area contributed by atoms with E-state index in [-0.39, 0.29) is 24.0 Å². The van der Waals surface area contributed by atoms with Crippen molar-refractivity contribution in [2.45, 2.75) is 65.1 Å². The Bertz CT molecular complexity index is 603. The lowest BCUT2D eigenvalue weighted by atomic mass is 9.93. The SMILES string of the molecule is CCC(CC)(CNC(=NC)NCc1ccn(C)c1)NC(=O)OC(C)(C)C.I. The fraction of sp³-hybridized carbons (Fsp3) is 0.684. The van der Waals surface area contributed by atoms with E-state index < -0.39 is 17.2 Å². The van der Waals surface area contributed by atoms with Crippen molar-refractivity contribution in [3.8, 4) is 0 Å². The molecular formula is C19H36IN5O2. The van der Waals surface area contributed by atoms with Crippen LogP contribution in [-0.2, 0) is 18.3 Å². The third kappa shape index (κ3) is 9.34. The highest BCUT2D eigenvalue weighted by Crippen LogP contribution is 2.16. The van der Waals surface area contributed by atoms with Gasteiger partial charge in [-0.25, -0.2) is 4.79 Å². The van der Waals surface area contributed by atoms with Gasteiger partial charge in [-0.2, -0.15) is 0 Å². The number of aromatic nitrogens is 1. The lowest BCUT2D eigenvalue weighted by molar-refractivity contribution is 0.0448. The smallest absolute Gasteiger partial charge is 0.408 e. The van der Waals surface area contributed by atoms with E-state index in [4.69, 9.17) is 4.74 Å². The van der Waals surface area contributed by atoms with Crippen molar-refractivity contribution in [3.05, 3.63) is 24.0 Å². The van der Waals surface area contributed by atoms with Crippen molar-refractivity contribution in [1.29, 1.82) is 0 Å². The summed E-state index contributed by atoms with van der Waals surface area (Å²) in [6, 6.07) is 2.06. The van der Waals surface area contributed by atoms with Crippen LogP contribution in [0.25, 0.3) is 0 Å². The van der Waals surface area contributed by atoms with Gasteiger partial charge in [-0.05, 0) is 45.2 Å². The van der Waals surface area contributed by atoms with Gasteiger partial charge < -0.3 is 25.3 Å². The van der Waals surface area contributed by atoms with E-state index in [2.05, 4.69) is 47.1 Å². The second-order valence-electron chi connectivity index (χ2n) is 7.58. The Labute approximate surface area is 180 Å². The van der Waals surface area contributed by atoms with E-state index in [0.717, 1.165) is 12.8 Å². The van der Waals surface area contributed by atoms with Gasteiger partial charge in [-0.15, -0.1) is 24.0 Å². The molecule has 0 saturated heterocycles. The average molecular weight is 493 g/mol. The van der Waals surface area contributed by atoms with Crippen molar-refractivity contribution in [3.63, 3.8) is 0 Å². The van der Waals surface area contributed by atoms with Crippen molar-refractivity contribution in [2.75, 3.05) is 13.6 Å². The topological polar surface area (TPSA) is 79.7 Å². The molecule has 1 aromatic heterocycles. The zero-order valence-corrected chi connectivity index (χ0v) is 20.0. The quantitative estimate of drug-likeness (QED) is 0.309. The molecule has 0 aromatic carbocycles. The summed E-state index contributed by atoms with van der Waals surface area (Å²) in [4.78, 5) is 16.5. The third-order valence-electron chi connectivity index (χ3n) is 4.29. The van der Waals surface area contributed by atoms with Gasteiger partial charge in [0.2, 0.25) is 0 Å². The standard InChI is InChI=1S/C19H35N5O2.HI/c1-8-19(9-2,23-17(25)26-18(3,4)5)14-22-16(20-6)21-12-15-10-11-24(7)13-15;/h10-11,13H,8-9,12,14H2,1-7H3,(H,23,25)(H2,20,21,22);1H. The molecule has 0 aliphatic rings. The van der Waals surface area contributed by atoms with Crippen LogP contribution in [0.3, 0.4) is 0 Å². The predicted octanol–water partition coefficient (Wildman–Crippen LogP) is 3.39. The first-order valence-electron chi connectivity index (χ1n) is 9.19. The molecule has 3 N–H and O–H groups in total. The molecule has 0 spiro atoms. The lowest BCUT2D eigenvalue weighted by Gasteiger charge is -2.34. The number of rotatable bonds is 7. The highest BCUT2D eigenvalue weighted by Gasteiger charge is 2.30. The van der Waals surface area contributed by atoms with Gasteiger partial charge in [0.15, 0.2) is 5.96 Å². The number of nitrogens with zero attached hydrogens (tertiary/aromatic N) is 2. The van der Waals surface area contributed by atoms with Crippen LogP contribution in [0, 0.1) is 0 Å². The number of amides is 1. The number of aliphatic imine (C=N–C) groups is 1. The summed E-state index contributed by atoms with van der Waals surface area (Å²) in [5.41, 5.74) is 0.268. The molecule has 156 valence electrons. The molecule has 1 amide bonds. The fourth-order valence-electron chi connectivity index (χ4n) is 2.57. The summed E-state index contributed by atoms with van der Waals surface area (Å²) >= 11 is 0. The van der Waals surface area contributed by atoms with Crippen LogP contribution in [-0.4, -0.2) is 41.4 Å². The Morgan fingerprint density at radius 3 is 2.30 bits per heavy atom. The predicted molar refractivity (Wildman–Crippen MR) is 122 cm³/mol. The molecule has 0 unspecified atom stereocenters. The van der Waals surface area contributed by atoms with Crippen LogP contribution in [0.5, 0.6) is 0 Å². The first kappa shape index (κ1) is 25.6. The molecule has 27 heavy (non-hydrogen) atoms. The lowest BCUT2D eigenvalue weighted by Crippen LogP contribution is -2.57. The molecule has 0 bridgehead atoms. The first-order valence-corrected chi connectivity index (χ1v) is 9.19. The molecule has 0 aliphatic heterocycles. The minimum absolute atomic E-state index is 0. The Hall–Kier alpha value is -1.45. The monoisotopic (exact) mass is 493 g/mol. The van der Waals surface area contributed by atoms with E-state index in [0.29, 0.717) is 19.0 Å². The molecule has 0 fully saturated rings. The summed E-state index contributed by atoms with van der Waals surface area (Å²) in [6.45, 7) is 10.9. The van der Waals surface area contributed by atoms with E-state index in [1.807, 2.05) is 38.6 Å². The largest absolute Gasteiger partial charge is 0.444 e. The molecule has 0 atom stereocenters. The minimum atomic E-state index is -0.516. The molecular weight excluding hydrogens is 457 g/mol. The second-order valence-corrected chi connectivity index (χ2v) is 7.58. The maximum absolute atomic E-state index is 12.2. The Kier molecular flexibility index (Phi) is 10.8. The molecule has 7 nitrogen and oxygen atoms in total. The van der Waals surface area contributed by atoms with Crippen LogP contribution in [0.4, 0.5) is 4.79 Å². The molecule has 0 radical (unpaired) electrons. The number of alkyl carbamates (subject to hydrolysis) is 1. The normalized spacial score (nSPS) is 12.2. The number of hydrogen-bond donors (Lipinski definition) is 3. The number of aryl methyl sites for hydroxylation is 1. The number of guanidine groups is 1. The van der Waals surface area contributed by atoms with Gasteiger partial charge >= 0.3 is 6.09 Å². The van der Waals surface area contributed by atoms with E-state index in [9.17, 15) is 4.79 Å². The van der Waals surface area contributed by atoms with Gasteiger partial charge in [0.25, 0.3) is 0 Å². The van der Waals surface area contributed by atoms with E-state index in [1.165, 1.54) is 5.56 Å². The Morgan fingerprint density at radius 2 is 1.85 bits per heavy atom. The zero-order chi connectivity index (χ0) is 19.8. The van der Waals surface area contributed by atoms with Crippen LogP contribution in [0.15, 0.2) is 23.5 Å². The summed E-state index contributed by atoms with van der Waals surface area (Å²) < 4.78 is 7.42. The molecule has 1 aromatic rings. The molecule has 1 rings (SSSR count). The Balaban J connectivity index is 0.00000676.